The first-order valence-corrected chi connectivity index (χ1v) is 9.91. The summed E-state index contributed by atoms with van der Waals surface area (Å²) in [5.41, 5.74) is -0.476. The molecule has 0 saturated carbocycles. The highest BCUT2D eigenvalue weighted by Crippen LogP contribution is 2.31. The van der Waals surface area contributed by atoms with E-state index in [9.17, 15) is 18.0 Å². The fraction of sp³-hybridized carbons (Fsp3) is 0.550. The van der Waals surface area contributed by atoms with Gasteiger partial charge < -0.3 is 9.42 Å². The van der Waals surface area contributed by atoms with Crippen molar-refractivity contribution in [3.05, 3.63) is 35.7 Å². The second kappa shape index (κ2) is 8.14. The SMILES string of the molecule is O=C(C1CCN(Cc2nc(-c3cccc(C(F)(F)F)c3)no2)CC1)N1CCCC1. The van der Waals surface area contributed by atoms with Crippen LogP contribution in [0.4, 0.5) is 13.2 Å². The van der Waals surface area contributed by atoms with Crippen molar-refractivity contribution < 1.29 is 22.5 Å². The van der Waals surface area contributed by atoms with Crippen molar-refractivity contribution in [3.63, 3.8) is 0 Å². The van der Waals surface area contributed by atoms with Crippen molar-refractivity contribution in [3.8, 4) is 11.4 Å². The Hall–Kier alpha value is -2.42. The van der Waals surface area contributed by atoms with Crippen molar-refractivity contribution in [1.29, 1.82) is 0 Å². The van der Waals surface area contributed by atoms with Crippen LogP contribution in [0, 0.1) is 5.92 Å². The zero-order valence-corrected chi connectivity index (χ0v) is 16.0. The third kappa shape index (κ3) is 4.60. The number of benzene rings is 1. The highest BCUT2D eigenvalue weighted by Gasteiger charge is 2.32. The van der Waals surface area contributed by atoms with Crippen molar-refractivity contribution in [2.75, 3.05) is 26.2 Å². The van der Waals surface area contributed by atoms with Crippen LogP contribution >= 0.6 is 0 Å². The van der Waals surface area contributed by atoms with E-state index in [1.54, 1.807) is 0 Å². The van der Waals surface area contributed by atoms with Gasteiger partial charge in [0.05, 0.1) is 12.1 Å². The average molecular weight is 408 g/mol. The Morgan fingerprint density at radius 1 is 1.14 bits per heavy atom. The van der Waals surface area contributed by atoms with E-state index >= 15 is 0 Å². The molecule has 1 amide bonds. The second-order valence-corrected chi connectivity index (χ2v) is 7.67. The molecule has 4 rings (SSSR count). The molecule has 0 aliphatic carbocycles. The van der Waals surface area contributed by atoms with Gasteiger partial charge >= 0.3 is 6.18 Å². The molecule has 1 aromatic heterocycles. The van der Waals surface area contributed by atoms with Gasteiger partial charge in [0.25, 0.3) is 0 Å². The van der Waals surface area contributed by atoms with E-state index < -0.39 is 11.7 Å². The smallest absolute Gasteiger partial charge is 0.342 e. The minimum Gasteiger partial charge on any atom is -0.342 e. The predicted octanol–water partition coefficient (Wildman–Crippen LogP) is 3.59. The lowest BCUT2D eigenvalue weighted by molar-refractivity contribution is -0.137. The van der Waals surface area contributed by atoms with Crippen LogP contribution < -0.4 is 0 Å². The van der Waals surface area contributed by atoms with Crippen molar-refractivity contribution in [2.24, 2.45) is 5.92 Å². The summed E-state index contributed by atoms with van der Waals surface area (Å²) in [7, 11) is 0. The summed E-state index contributed by atoms with van der Waals surface area (Å²) >= 11 is 0. The fourth-order valence-electron chi connectivity index (χ4n) is 4.00. The zero-order valence-electron chi connectivity index (χ0n) is 16.0. The Kier molecular flexibility index (Phi) is 5.58. The van der Waals surface area contributed by atoms with Crippen LogP contribution in [0.2, 0.25) is 0 Å². The number of carbonyl (C=O) groups is 1. The molecule has 0 radical (unpaired) electrons. The number of carbonyl (C=O) groups excluding carboxylic acids is 1. The molecular formula is C20H23F3N4O2. The molecule has 2 aliphatic heterocycles. The number of alkyl halides is 3. The first kappa shape index (κ1) is 19.9. The third-order valence-electron chi connectivity index (χ3n) is 5.63. The van der Waals surface area contributed by atoms with Gasteiger partial charge in [0.1, 0.15) is 0 Å². The van der Waals surface area contributed by atoms with Crippen molar-refractivity contribution >= 4 is 5.91 Å². The number of piperidine rings is 1. The molecule has 6 nitrogen and oxygen atoms in total. The van der Waals surface area contributed by atoms with Crippen LogP contribution in [0.1, 0.15) is 37.1 Å². The summed E-state index contributed by atoms with van der Waals surface area (Å²) in [5.74, 6) is 0.853. The van der Waals surface area contributed by atoms with Gasteiger partial charge in [-0.25, -0.2) is 0 Å². The molecule has 9 heteroatoms. The minimum atomic E-state index is -4.42. The molecule has 3 heterocycles. The van der Waals surface area contributed by atoms with Crippen LogP contribution in [0.15, 0.2) is 28.8 Å². The molecule has 2 aliphatic rings. The van der Waals surface area contributed by atoms with E-state index in [2.05, 4.69) is 15.0 Å². The number of nitrogens with zero attached hydrogens (tertiary/aromatic N) is 4. The molecule has 2 aromatic rings. The molecule has 0 bridgehead atoms. The fourth-order valence-corrected chi connectivity index (χ4v) is 4.00. The monoisotopic (exact) mass is 408 g/mol. The van der Waals surface area contributed by atoms with Gasteiger partial charge in [-0.05, 0) is 50.9 Å². The number of aromatic nitrogens is 2. The molecule has 1 aromatic carbocycles. The Labute approximate surface area is 166 Å². The largest absolute Gasteiger partial charge is 0.416 e. The lowest BCUT2D eigenvalue weighted by Crippen LogP contribution is -2.41. The Morgan fingerprint density at radius 2 is 1.86 bits per heavy atom. The van der Waals surface area contributed by atoms with E-state index in [4.69, 9.17) is 4.52 Å². The summed E-state index contributed by atoms with van der Waals surface area (Å²) in [4.78, 5) is 20.9. The Balaban J connectivity index is 1.34. The van der Waals surface area contributed by atoms with E-state index in [0.717, 1.165) is 64.0 Å². The molecule has 29 heavy (non-hydrogen) atoms. The lowest BCUT2D eigenvalue weighted by atomic mass is 9.95. The zero-order chi connectivity index (χ0) is 20.4. The van der Waals surface area contributed by atoms with E-state index in [1.165, 1.54) is 12.1 Å². The van der Waals surface area contributed by atoms with E-state index in [-0.39, 0.29) is 23.2 Å². The topological polar surface area (TPSA) is 62.5 Å². The maximum Gasteiger partial charge on any atom is 0.416 e. The number of hydrogen-bond acceptors (Lipinski definition) is 5. The molecule has 0 N–H and O–H groups in total. The summed E-state index contributed by atoms with van der Waals surface area (Å²) < 4.78 is 43.9. The molecule has 2 fully saturated rings. The minimum absolute atomic E-state index is 0.0766. The first-order valence-electron chi connectivity index (χ1n) is 9.91. The Morgan fingerprint density at radius 3 is 2.55 bits per heavy atom. The van der Waals surface area contributed by atoms with Crippen LogP contribution in [0.25, 0.3) is 11.4 Å². The van der Waals surface area contributed by atoms with Gasteiger partial charge in [-0.2, -0.15) is 18.2 Å². The average Bonchev–Trinajstić information content (AvgIpc) is 3.40. The molecule has 0 spiro atoms. The van der Waals surface area contributed by atoms with Crippen LogP contribution in [0.5, 0.6) is 0 Å². The van der Waals surface area contributed by atoms with Crippen molar-refractivity contribution in [1.82, 2.24) is 19.9 Å². The number of halogens is 3. The van der Waals surface area contributed by atoms with Crippen LogP contribution in [0.3, 0.4) is 0 Å². The van der Waals surface area contributed by atoms with E-state index in [1.807, 2.05) is 4.90 Å². The lowest BCUT2D eigenvalue weighted by Gasteiger charge is -2.32. The normalized spacial score (nSPS) is 19.1. The van der Waals surface area contributed by atoms with Gasteiger partial charge in [-0.1, -0.05) is 17.3 Å². The molecule has 0 atom stereocenters. The number of rotatable bonds is 4. The van der Waals surface area contributed by atoms with Gasteiger partial charge in [0.15, 0.2) is 0 Å². The number of hydrogen-bond donors (Lipinski definition) is 0. The summed E-state index contributed by atoms with van der Waals surface area (Å²) in [6.07, 6.45) is -0.640. The van der Waals surface area contributed by atoms with Gasteiger partial charge in [-0.15, -0.1) is 0 Å². The quantitative estimate of drug-likeness (QED) is 0.774. The van der Waals surface area contributed by atoms with Gasteiger partial charge in [0.2, 0.25) is 17.6 Å². The van der Waals surface area contributed by atoms with Crippen LogP contribution in [-0.2, 0) is 17.5 Å². The molecule has 0 unspecified atom stereocenters. The molecule has 156 valence electrons. The maximum absolute atomic E-state index is 12.9. The summed E-state index contributed by atoms with van der Waals surface area (Å²) in [6, 6.07) is 4.89. The van der Waals surface area contributed by atoms with Gasteiger partial charge in [-0.3, -0.25) is 9.69 Å². The van der Waals surface area contributed by atoms with Crippen molar-refractivity contribution in [2.45, 2.75) is 38.4 Å². The molecule has 2 saturated heterocycles. The third-order valence-corrected chi connectivity index (χ3v) is 5.63. The predicted molar refractivity (Wildman–Crippen MR) is 98.6 cm³/mol. The number of likely N-dealkylation sites (tertiary alicyclic amines) is 2. The second-order valence-electron chi connectivity index (χ2n) is 7.67. The number of amides is 1. The first-order chi connectivity index (χ1) is 13.9. The van der Waals surface area contributed by atoms with Gasteiger partial charge in [0, 0.05) is 24.6 Å². The summed E-state index contributed by atoms with van der Waals surface area (Å²) in [6.45, 7) is 3.69. The molecular weight excluding hydrogens is 385 g/mol. The van der Waals surface area contributed by atoms with E-state index in [0.29, 0.717) is 12.4 Å². The Bertz CT molecular complexity index is 853. The highest BCUT2D eigenvalue weighted by molar-refractivity contribution is 5.79. The van der Waals surface area contributed by atoms with Crippen LogP contribution in [-0.4, -0.2) is 52.0 Å². The standard InChI is InChI=1S/C20H23F3N4O2/c21-20(22,23)16-5-3-4-15(12-16)18-24-17(29-25-18)13-26-10-6-14(7-11-26)19(28)27-8-1-2-9-27/h3-5,12,14H,1-2,6-11,13H2. The highest BCUT2D eigenvalue weighted by atomic mass is 19.4. The summed E-state index contributed by atoms with van der Waals surface area (Å²) in [5, 5.41) is 3.83. The maximum atomic E-state index is 12.9.